The van der Waals surface area contributed by atoms with Gasteiger partial charge in [0.15, 0.2) is 0 Å². The highest BCUT2D eigenvalue weighted by Crippen LogP contribution is 2.49. The highest BCUT2D eigenvalue weighted by molar-refractivity contribution is 6.58. The third-order valence-corrected chi connectivity index (χ3v) is 4.94. The van der Waals surface area contributed by atoms with E-state index in [0.29, 0.717) is 5.46 Å². The molecule has 1 aliphatic rings. The largest absolute Gasteiger partial charge is 0.488 e. The van der Waals surface area contributed by atoms with E-state index in [1.807, 2.05) is 43.3 Å². The summed E-state index contributed by atoms with van der Waals surface area (Å²) in [6.07, 6.45) is 7.81. The molecule has 1 heterocycles. The van der Waals surface area contributed by atoms with Crippen LogP contribution in [-0.4, -0.2) is 17.2 Å². The number of hydrogen-bond acceptors (Lipinski definition) is 3. The van der Waals surface area contributed by atoms with Crippen molar-refractivity contribution in [3.05, 3.63) is 90.2 Å². The van der Waals surface area contributed by atoms with Crippen LogP contribution in [0.2, 0.25) is 0 Å². The molecule has 0 unspecified atom stereocenters. The second-order valence-corrected chi connectivity index (χ2v) is 6.96. The van der Waals surface area contributed by atoms with Crippen LogP contribution < -0.4 is 10.4 Å². The first-order valence-electron chi connectivity index (χ1n) is 8.77. The van der Waals surface area contributed by atoms with Crippen molar-refractivity contribution < 1.29 is 10.0 Å². The molecule has 3 rings (SSSR count). The van der Waals surface area contributed by atoms with Crippen molar-refractivity contribution >= 4 is 24.0 Å². The summed E-state index contributed by atoms with van der Waals surface area (Å²) in [5.74, 6) is 0. The van der Waals surface area contributed by atoms with Gasteiger partial charge in [-0.05, 0) is 47.8 Å². The van der Waals surface area contributed by atoms with E-state index in [4.69, 9.17) is 0 Å². The smallest absolute Gasteiger partial charge is 0.423 e. The molecule has 0 fully saturated rings. The molecule has 1 aliphatic heterocycles. The number of rotatable bonds is 4. The molecule has 0 spiro atoms. The quantitative estimate of drug-likeness (QED) is 0.655. The van der Waals surface area contributed by atoms with Crippen molar-refractivity contribution in [2.75, 3.05) is 4.90 Å². The standard InChI is InChI=1S/C22H24BNO2/c1-5-9-17(10-6-2)24-20-12-8-7-11-18(20)22(3,4)19-15-16(23(25)26)13-14-21(19)24/h5-15,25-26H,1H2,2-4H3/b10-6-,17-9+. The first-order valence-corrected chi connectivity index (χ1v) is 8.77. The summed E-state index contributed by atoms with van der Waals surface area (Å²) in [7, 11) is -1.49. The molecule has 4 heteroatoms. The van der Waals surface area contributed by atoms with Gasteiger partial charge in [-0.25, -0.2) is 0 Å². The van der Waals surface area contributed by atoms with E-state index >= 15 is 0 Å². The number of allylic oxidation sites excluding steroid dienone is 4. The van der Waals surface area contributed by atoms with Gasteiger partial charge < -0.3 is 14.9 Å². The van der Waals surface area contributed by atoms with E-state index in [9.17, 15) is 10.0 Å². The number of para-hydroxylation sites is 1. The number of hydrogen-bond donors (Lipinski definition) is 2. The molecule has 132 valence electrons. The average molecular weight is 345 g/mol. The van der Waals surface area contributed by atoms with Crippen LogP contribution in [0, 0.1) is 0 Å². The van der Waals surface area contributed by atoms with E-state index in [2.05, 4.69) is 43.5 Å². The SMILES string of the molecule is C=C/C=C(\C=C/C)N1c2ccccc2C(C)(C)c2cc(B(O)O)ccc21. The third kappa shape index (κ3) is 2.92. The summed E-state index contributed by atoms with van der Waals surface area (Å²) in [5, 5.41) is 19.3. The lowest BCUT2D eigenvalue weighted by Gasteiger charge is -2.42. The molecule has 0 bridgehead atoms. The predicted octanol–water partition coefficient (Wildman–Crippen LogP) is 3.79. The Morgan fingerprint density at radius 3 is 2.42 bits per heavy atom. The maximum Gasteiger partial charge on any atom is 0.488 e. The van der Waals surface area contributed by atoms with Crippen LogP contribution in [0.5, 0.6) is 0 Å². The van der Waals surface area contributed by atoms with Gasteiger partial charge in [0.05, 0.1) is 11.4 Å². The molecule has 2 aromatic rings. The predicted molar refractivity (Wildman–Crippen MR) is 110 cm³/mol. The molecule has 0 aliphatic carbocycles. The molecule has 2 aromatic carbocycles. The molecular weight excluding hydrogens is 321 g/mol. The fraction of sp³-hybridized carbons (Fsp3) is 0.182. The first kappa shape index (κ1) is 18.2. The van der Waals surface area contributed by atoms with Crippen molar-refractivity contribution in [3.8, 4) is 0 Å². The number of anilines is 2. The minimum absolute atomic E-state index is 0.261. The second-order valence-electron chi connectivity index (χ2n) is 6.96. The summed E-state index contributed by atoms with van der Waals surface area (Å²) in [4.78, 5) is 2.20. The van der Waals surface area contributed by atoms with Gasteiger partial charge >= 0.3 is 7.12 Å². The Labute approximate surface area is 155 Å². The Morgan fingerprint density at radius 2 is 1.77 bits per heavy atom. The Morgan fingerprint density at radius 1 is 1.08 bits per heavy atom. The van der Waals surface area contributed by atoms with Crippen LogP contribution in [0.25, 0.3) is 0 Å². The minimum Gasteiger partial charge on any atom is -0.423 e. The van der Waals surface area contributed by atoms with Crippen LogP contribution in [0.1, 0.15) is 31.9 Å². The van der Waals surface area contributed by atoms with Crippen molar-refractivity contribution in [1.29, 1.82) is 0 Å². The van der Waals surface area contributed by atoms with Crippen LogP contribution in [-0.2, 0) is 5.41 Å². The van der Waals surface area contributed by atoms with Gasteiger partial charge in [-0.3, -0.25) is 0 Å². The van der Waals surface area contributed by atoms with Gasteiger partial charge in [-0.15, -0.1) is 0 Å². The maximum absolute atomic E-state index is 9.64. The van der Waals surface area contributed by atoms with E-state index in [1.54, 1.807) is 12.1 Å². The molecule has 0 amide bonds. The van der Waals surface area contributed by atoms with Gasteiger partial charge in [0.2, 0.25) is 0 Å². The summed E-state index contributed by atoms with van der Waals surface area (Å²) in [6.45, 7) is 10.2. The van der Waals surface area contributed by atoms with E-state index < -0.39 is 7.12 Å². The zero-order chi connectivity index (χ0) is 18.9. The molecular formula is C22H24BNO2. The molecule has 3 nitrogen and oxygen atoms in total. The molecule has 0 radical (unpaired) electrons. The summed E-state index contributed by atoms with van der Waals surface area (Å²) < 4.78 is 0. The zero-order valence-corrected chi connectivity index (χ0v) is 15.5. The highest BCUT2D eigenvalue weighted by Gasteiger charge is 2.37. The topological polar surface area (TPSA) is 43.7 Å². The number of fused-ring (bicyclic) bond motifs is 2. The lowest BCUT2D eigenvalue weighted by molar-refractivity contribution is 0.425. The van der Waals surface area contributed by atoms with Crippen molar-refractivity contribution in [2.24, 2.45) is 0 Å². The van der Waals surface area contributed by atoms with Crippen molar-refractivity contribution in [1.82, 2.24) is 0 Å². The Kier molecular flexibility index (Phi) is 4.90. The lowest BCUT2D eigenvalue weighted by atomic mass is 9.70. The average Bonchev–Trinajstić information content (AvgIpc) is 2.62. The normalized spacial score (nSPS) is 15.6. The summed E-state index contributed by atoms with van der Waals surface area (Å²) in [6, 6.07) is 14.0. The second kappa shape index (κ2) is 6.98. The molecule has 0 saturated carbocycles. The van der Waals surface area contributed by atoms with Gasteiger partial charge in [0, 0.05) is 11.1 Å². The van der Waals surface area contributed by atoms with Gasteiger partial charge in [-0.1, -0.05) is 62.9 Å². The van der Waals surface area contributed by atoms with Gasteiger partial charge in [0.1, 0.15) is 0 Å². The number of benzene rings is 2. The van der Waals surface area contributed by atoms with Crippen LogP contribution in [0.15, 0.2) is 79.0 Å². The van der Waals surface area contributed by atoms with Crippen molar-refractivity contribution in [3.63, 3.8) is 0 Å². The van der Waals surface area contributed by atoms with Crippen LogP contribution in [0.3, 0.4) is 0 Å². The fourth-order valence-electron chi connectivity index (χ4n) is 3.66. The lowest BCUT2D eigenvalue weighted by Crippen LogP contribution is -2.36. The van der Waals surface area contributed by atoms with E-state index in [1.165, 1.54) is 5.56 Å². The minimum atomic E-state index is -1.49. The first-order chi connectivity index (χ1) is 12.4. The highest BCUT2D eigenvalue weighted by atomic mass is 16.4. The fourth-order valence-corrected chi connectivity index (χ4v) is 3.66. The van der Waals surface area contributed by atoms with Crippen LogP contribution in [0.4, 0.5) is 11.4 Å². The molecule has 0 saturated heterocycles. The number of nitrogens with zero attached hydrogens (tertiary/aromatic N) is 1. The Balaban J connectivity index is 2.34. The van der Waals surface area contributed by atoms with E-state index in [0.717, 1.165) is 22.6 Å². The van der Waals surface area contributed by atoms with Gasteiger partial charge in [0.25, 0.3) is 0 Å². The van der Waals surface area contributed by atoms with Crippen molar-refractivity contribution in [2.45, 2.75) is 26.2 Å². The van der Waals surface area contributed by atoms with E-state index in [-0.39, 0.29) is 5.41 Å². The van der Waals surface area contributed by atoms with Crippen LogP contribution >= 0.6 is 0 Å². The molecule has 26 heavy (non-hydrogen) atoms. The maximum atomic E-state index is 9.64. The summed E-state index contributed by atoms with van der Waals surface area (Å²) >= 11 is 0. The Bertz CT molecular complexity index is 897. The Hall–Kier alpha value is -2.56. The third-order valence-electron chi connectivity index (χ3n) is 4.94. The summed E-state index contributed by atoms with van der Waals surface area (Å²) in [5.41, 5.74) is 5.64. The molecule has 0 atom stereocenters. The monoisotopic (exact) mass is 345 g/mol. The molecule has 2 N–H and O–H groups in total. The molecule has 0 aromatic heterocycles. The zero-order valence-electron chi connectivity index (χ0n) is 15.5. The van der Waals surface area contributed by atoms with Gasteiger partial charge in [-0.2, -0.15) is 0 Å².